The van der Waals surface area contributed by atoms with E-state index in [4.69, 9.17) is 18.9 Å². The highest BCUT2D eigenvalue weighted by Gasteiger charge is 2.64. The van der Waals surface area contributed by atoms with Gasteiger partial charge < -0.3 is 18.9 Å². The Morgan fingerprint density at radius 2 is 1.55 bits per heavy atom. The minimum atomic E-state index is -3.25. The Morgan fingerprint density at radius 1 is 1.03 bits per heavy atom. The van der Waals surface area contributed by atoms with Crippen molar-refractivity contribution in [2.45, 2.75) is 84.1 Å². The van der Waals surface area contributed by atoms with Crippen LogP contribution in [0.25, 0.3) is 0 Å². The number of ether oxygens (including phenoxy) is 4. The van der Waals surface area contributed by atoms with E-state index in [1.807, 2.05) is 37.0 Å². The van der Waals surface area contributed by atoms with Crippen molar-refractivity contribution in [2.75, 3.05) is 24.8 Å². The predicted molar refractivity (Wildman–Crippen MR) is 133 cm³/mol. The number of rotatable bonds is 9. The molecule has 0 aliphatic carbocycles. The van der Waals surface area contributed by atoms with Crippen molar-refractivity contribution in [3.63, 3.8) is 0 Å². The second-order valence-corrected chi connectivity index (χ2v) is 13.2. The third-order valence-electron chi connectivity index (χ3n) is 6.62. The summed E-state index contributed by atoms with van der Waals surface area (Å²) in [6, 6.07) is 1.47. The zero-order valence-corrected chi connectivity index (χ0v) is 23.4. The fourth-order valence-corrected chi connectivity index (χ4v) is 8.04. The molecule has 14 nitrogen and oxygen atoms in total. The summed E-state index contributed by atoms with van der Waals surface area (Å²) in [4.78, 5) is 52.2. The third-order valence-corrected chi connectivity index (χ3v) is 9.82. The van der Waals surface area contributed by atoms with Crippen LogP contribution in [0.5, 0.6) is 0 Å². The van der Waals surface area contributed by atoms with Crippen LogP contribution in [0, 0.1) is 0 Å². The van der Waals surface area contributed by atoms with Gasteiger partial charge in [-0.15, -0.1) is 0 Å². The fourth-order valence-electron chi connectivity index (χ4n) is 4.57. The first-order chi connectivity index (χ1) is 17.5. The molecule has 1 N–H and O–H groups in total. The molecule has 3 aliphatic heterocycles. The Morgan fingerprint density at radius 3 is 2.00 bits per heavy atom. The first-order valence-electron chi connectivity index (χ1n) is 12.2. The number of hydrogen-bond acceptors (Lipinski definition) is 10. The molecule has 4 heterocycles. The van der Waals surface area contributed by atoms with Gasteiger partial charge in [0.15, 0.2) is 18.4 Å². The molecule has 0 aromatic carbocycles. The van der Waals surface area contributed by atoms with Crippen LogP contribution < -0.4 is 10.8 Å². The summed E-state index contributed by atoms with van der Waals surface area (Å²) in [6.45, 7) is 12.4. The highest BCUT2D eigenvalue weighted by Crippen LogP contribution is 2.68. The van der Waals surface area contributed by atoms with Gasteiger partial charge in [-0.05, 0) is 33.8 Å². The molecule has 3 fully saturated rings. The Balaban J connectivity index is 1.62. The molecule has 0 amide bonds. The minimum absolute atomic E-state index is 0.106. The lowest BCUT2D eigenvalue weighted by Gasteiger charge is -2.26. The van der Waals surface area contributed by atoms with Gasteiger partial charge in [0.05, 0.1) is 0 Å². The van der Waals surface area contributed by atoms with E-state index in [0.29, 0.717) is 13.1 Å². The SMILES string of the molecule is CC(=O)OC[C@H]1O[C@@H](n2ccc(NP(=O)(N3CC3(C)C)N3CC3(C)C)nc2=O)[C@@H](OC(C)=O)[C@@H]1OC(C)=O. The Labute approximate surface area is 220 Å². The van der Waals surface area contributed by atoms with Crippen LogP contribution in [-0.2, 0) is 37.9 Å². The van der Waals surface area contributed by atoms with Crippen molar-refractivity contribution in [1.29, 1.82) is 0 Å². The topological polar surface area (TPSA) is 158 Å². The van der Waals surface area contributed by atoms with Crippen molar-refractivity contribution in [3.05, 3.63) is 22.7 Å². The maximum absolute atomic E-state index is 14.1. The molecule has 0 bridgehead atoms. The van der Waals surface area contributed by atoms with Crippen molar-refractivity contribution < 1.29 is 37.9 Å². The van der Waals surface area contributed by atoms with E-state index in [1.165, 1.54) is 26.1 Å². The van der Waals surface area contributed by atoms with Crippen LogP contribution in [0.1, 0.15) is 54.7 Å². The van der Waals surface area contributed by atoms with E-state index in [1.54, 1.807) is 0 Å². The molecule has 38 heavy (non-hydrogen) atoms. The van der Waals surface area contributed by atoms with Crippen molar-refractivity contribution in [1.82, 2.24) is 18.9 Å². The number of aromatic nitrogens is 2. The van der Waals surface area contributed by atoms with Gasteiger partial charge in [-0.1, -0.05) is 0 Å². The molecule has 1 aromatic rings. The predicted octanol–water partition coefficient (Wildman–Crippen LogP) is 1.28. The van der Waals surface area contributed by atoms with Gasteiger partial charge in [0, 0.05) is 51.1 Å². The number of esters is 3. The molecular weight excluding hydrogens is 521 g/mol. The molecule has 4 rings (SSSR count). The summed E-state index contributed by atoms with van der Waals surface area (Å²) in [5.74, 6) is -1.86. The summed E-state index contributed by atoms with van der Waals surface area (Å²) in [7, 11) is -3.25. The average Bonchev–Trinajstić information content (AvgIpc) is 3.60. The lowest BCUT2D eigenvalue weighted by molar-refractivity contribution is -0.166. The van der Waals surface area contributed by atoms with Gasteiger partial charge in [0.25, 0.3) is 0 Å². The van der Waals surface area contributed by atoms with Gasteiger partial charge in [-0.2, -0.15) is 4.98 Å². The fraction of sp³-hybridized carbons (Fsp3) is 0.696. The third kappa shape index (κ3) is 5.63. The van der Waals surface area contributed by atoms with Crippen LogP contribution in [-0.4, -0.2) is 85.9 Å². The van der Waals surface area contributed by atoms with E-state index in [-0.39, 0.29) is 23.5 Å². The second-order valence-electron chi connectivity index (χ2n) is 10.9. The monoisotopic (exact) mass is 555 g/mol. The summed E-state index contributed by atoms with van der Waals surface area (Å²) >= 11 is 0. The van der Waals surface area contributed by atoms with Gasteiger partial charge in [0.2, 0.25) is 0 Å². The summed E-state index contributed by atoms with van der Waals surface area (Å²) in [6.07, 6.45) is -3.26. The molecule has 2 unspecified atom stereocenters. The Bertz CT molecular complexity index is 1220. The first kappa shape index (κ1) is 28.2. The molecule has 3 saturated heterocycles. The normalized spacial score (nSPS) is 32.0. The van der Waals surface area contributed by atoms with Gasteiger partial charge in [-0.3, -0.25) is 28.6 Å². The first-order valence-corrected chi connectivity index (χ1v) is 13.8. The molecule has 1 aromatic heterocycles. The second kappa shape index (κ2) is 9.74. The van der Waals surface area contributed by atoms with Crippen LogP contribution in [0.4, 0.5) is 5.82 Å². The lowest BCUT2D eigenvalue weighted by atomic mass is 10.1. The minimum Gasteiger partial charge on any atom is -0.463 e. The summed E-state index contributed by atoms with van der Waals surface area (Å²) in [5.41, 5.74) is -1.30. The number of anilines is 1. The Hall–Kier alpha value is -2.80. The van der Waals surface area contributed by atoms with Gasteiger partial charge in [-0.25, -0.2) is 14.1 Å². The van der Waals surface area contributed by atoms with E-state index < -0.39 is 55.7 Å². The van der Waals surface area contributed by atoms with Crippen LogP contribution in [0.15, 0.2) is 17.1 Å². The molecular formula is C23H34N5O9P. The Kier molecular flexibility index (Phi) is 7.23. The van der Waals surface area contributed by atoms with E-state index in [0.717, 1.165) is 11.5 Å². The zero-order chi connectivity index (χ0) is 28.2. The number of nitrogens with zero attached hydrogens (tertiary/aromatic N) is 4. The maximum Gasteiger partial charge on any atom is 0.351 e. The van der Waals surface area contributed by atoms with Crippen molar-refractivity contribution >= 4 is 31.3 Å². The maximum atomic E-state index is 14.1. The molecule has 210 valence electrons. The van der Waals surface area contributed by atoms with Crippen molar-refractivity contribution in [3.8, 4) is 0 Å². The molecule has 0 saturated carbocycles. The molecule has 6 atom stereocenters. The summed E-state index contributed by atoms with van der Waals surface area (Å²) < 4.78 is 40.5. The average molecular weight is 556 g/mol. The molecule has 0 spiro atoms. The number of nitrogens with one attached hydrogen (secondary N) is 1. The largest absolute Gasteiger partial charge is 0.463 e. The quantitative estimate of drug-likeness (QED) is 0.201. The number of carbonyl (C=O) groups excluding carboxylic acids is 3. The zero-order valence-electron chi connectivity index (χ0n) is 22.5. The lowest BCUT2D eigenvalue weighted by Crippen LogP contribution is -2.41. The van der Waals surface area contributed by atoms with E-state index in [9.17, 15) is 23.7 Å². The molecule has 3 aliphatic rings. The highest BCUT2D eigenvalue weighted by molar-refractivity contribution is 7.61. The van der Waals surface area contributed by atoms with Crippen LogP contribution in [0.3, 0.4) is 0 Å². The van der Waals surface area contributed by atoms with Crippen molar-refractivity contribution in [2.24, 2.45) is 0 Å². The van der Waals surface area contributed by atoms with E-state index in [2.05, 4.69) is 10.1 Å². The molecule has 15 heteroatoms. The van der Waals surface area contributed by atoms with E-state index >= 15 is 0 Å². The molecule has 0 radical (unpaired) electrons. The smallest absolute Gasteiger partial charge is 0.351 e. The van der Waals surface area contributed by atoms with Gasteiger partial charge >= 0.3 is 31.2 Å². The summed E-state index contributed by atoms with van der Waals surface area (Å²) in [5, 5.41) is 3.00. The van der Waals surface area contributed by atoms with Crippen LogP contribution in [0.2, 0.25) is 0 Å². The standard InChI is InChI=1S/C23H34N5O9P/c1-13(29)34-10-16-18(35-14(2)30)19(36-15(3)31)20(37-16)26-9-8-17(24-21(26)32)25-38(33,27-11-22(27,4)5)28-12-23(28,6)7/h8-9,16,18-20H,10-12H2,1-7H3,(H,24,25,32,33)/t16-,18-,19+,20-,27?,28?,38?/m1/s1. The van der Waals surface area contributed by atoms with Gasteiger partial charge in [0.1, 0.15) is 18.5 Å². The van der Waals surface area contributed by atoms with Crippen LogP contribution >= 0.6 is 7.59 Å². The number of hydrogen-bond donors (Lipinski definition) is 1. The number of carbonyl (C=O) groups is 3. The highest BCUT2D eigenvalue weighted by atomic mass is 31.2.